The highest BCUT2D eigenvalue weighted by molar-refractivity contribution is 7.21. The monoisotopic (exact) mass is 398 g/mol. The molecule has 1 saturated heterocycles. The van der Waals surface area contributed by atoms with Gasteiger partial charge in [0.25, 0.3) is 0 Å². The molecule has 27 heavy (non-hydrogen) atoms. The molecule has 1 aromatic heterocycles. The van der Waals surface area contributed by atoms with Crippen LogP contribution in [0.1, 0.15) is 16.0 Å². The van der Waals surface area contributed by atoms with Crippen LogP contribution in [0.3, 0.4) is 0 Å². The van der Waals surface area contributed by atoms with Gasteiger partial charge in [-0.2, -0.15) is 0 Å². The number of rotatable bonds is 3. The summed E-state index contributed by atoms with van der Waals surface area (Å²) >= 11 is 1.49. The molecule has 1 fully saturated rings. The largest absolute Gasteiger partial charge is 0.383 e. The summed E-state index contributed by atoms with van der Waals surface area (Å²) in [6.07, 6.45) is 0.242. The Morgan fingerprint density at radius 3 is 2.78 bits per heavy atom. The van der Waals surface area contributed by atoms with Gasteiger partial charge in [0.05, 0.1) is 16.2 Å². The quantitative estimate of drug-likeness (QED) is 0.399. The molecule has 0 saturated carbocycles. The standard InChI is InChI=1S/C21H18N2O2S.ClH/c22-21(23)18-12-16-8-4-7-15(20(16)26-18)9-10-17-13-24-19(25-17)11-14-5-2-1-3-6-14;/h1-8,12,17,19H,11,13H2,(H3,22,23);1H. The van der Waals surface area contributed by atoms with E-state index in [1.807, 2.05) is 42.5 Å². The van der Waals surface area contributed by atoms with Gasteiger partial charge in [0.15, 0.2) is 6.29 Å². The van der Waals surface area contributed by atoms with Crippen LogP contribution in [0.25, 0.3) is 10.1 Å². The smallest absolute Gasteiger partial charge is 0.163 e. The van der Waals surface area contributed by atoms with Crippen LogP contribution in [-0.2, 0) is 15.9 Å². The van der Waals surface area contributed by atoms with Crippen molar-refractivity contribution in [2.45, 2.75) is 18.8 Å². The first-order chi connectivity index (χ1) is 12.7. The van der Waals surface area contributed by atoms with Crippen molar-refractivity contribution >= 4 is 39.7 Å². The Labute approximate surface area is 168 Å². The Balaban J connectivity index is 0.00000210. The SMILES string of the molecule is Cl.N=C(N)c1cc2cccc(C#CC3COC(Cc4ccccc4)O3)c2s1. The van der Waals surface area contributed by atoms with Gasteiger partial charge in [-0.25, -0.2) is 0 Å². The second kappa shape index (κ2) is 8.55. The highest BCUT2D eigenvalue weighted by Crippen LogP contribution is 2.28. The highest BCUT2D eigenvalue weighted by Gasteiger charge is 2.24. The van der Waals surface area contributed by atoms with E-state index in [2.05, 4.69) is 24.0 Å². The molecule has 0 spiro atoms. The van der Waals surface area contributed by atoms with E-state index in [1.54, 1.807) is 0 Å². The molecule has 1 aliphatic rings. The molecule has 6 heteroatoms. The summed E-state index contributed by atoms with van der Waals surface area (Å²) in [4.78, 5) is 0.762. The molecular weight excluding hydrogens is 380 g/mol. The number of benzene rings is 2. The minimum absolute atomic E-state index is 0. The molecule has 0 amide bonds. The molecule has 1 aliphatic heterocycles. The maximum absolute atomic E-state index is 7.61. The zero-order valence-corrected chi connectivity index (χ0v) is 16.1. The number of amidine groups is 1. The number of fused-ring (bicyclic) bond motifs is 1. The number of hydrogen-bond acceptors (Lipinski definition) is 4. The fourth-order valence-corrected chi connectivity index (χ4v) is 3.89. The molecule has 2 heterocycles. The van der Waals surface area contributed by atoms with Crippen LogP contribution >= 0.6 is 23.7 Å². The van der Waals surface area contributed by atoms with Crippen molar-refractivity contribution in [3.8, 4) is 11.8 Å². The minimum atomic E-state index is -0.251. The second-order valence-electron chi connectivity index (χ2n) is 6.09. The van der Waals surface area contributed by atoms with Gasteiger partial charge in [0.2, 0.25) is 0 Å². The molecule has 138 valence electrons. The van der Waals surface area contributed by atoms with Gasteiger partial charge >= 0.3 is 0 Å². The summed E-state index contributed by atoms with van der Waals surface area (Å²) in [5.41, 5.74) is 7.71. The van der Waals surface area contributed by atoms with Crippen LogP contribution in [0.2, 0.25) is 0 Å². The normalized spacial score (nSPS) is 18.5. The van der Waals surface area contributed by atoms with Gasteiger partial charge in [-0.15, -0.1) is 23.7 Å². The number of nitrogens with two attached hydrogens (primary N) is 1. The van der Waals surface area contributed by atoms with Crippen molar-refractivity contribution < 1.29 is 9.47 Å². The van der Waals surface area contributed by atoms with Crippen LogP contribution < -0.4 is 5.73 Å². The first kappa shape index (κ1) is 19.4. The van der Waals surface area contributed by atoms with Gasteiger partial charge in [0.1, 0.15) is 11.9 Å². The third-order valence-electron chi connectivity index (χ3n) is 4.17. The van der Waals surface area contributed by atoms with E-state index in [9.17, 15) is 0 Å². The van der Waals surface area contributed by atoms with E-state index in [4.69, 9.17) is 20.6 Å². The molecule has 3 N–H and O–H groups in total. The predicted octanol–water partition coefficient (Wildman–Crippen LogP) is 3.94. The average Bonchev–Trinajstić information content (AvgIpc) is 3.28. The van der Waals surface area contributed by atoms with Crippen molar-refractivity contribution in [1.29, 1.82) is 5.41 Å². The van der Waals surface area contributed by atoms with Gasteiger partial charge in [-0.1, -0.05) is 54.3 Å². The van der Waals surface area contributed by atoms with E-state index >= 15 is 0 Å². The number of halogens is 1. The molecule has 2 atom stereocenters. The lowest BCUT2D eigenvalue weighted by Crippen LogP contribution is -2.13. The van der Waals surface area contributed by atoms with E-state index in [0.29, 0.717) is 6.61 Å². The van der Waals surface area contributed by atoms with Crippen LogP contribution in [-0.4, -0.2) is 24.8 Å². The fourth-order valence-electron chi connectivity index (χ4n) is 2.90. The zero-order valence-electron chi connectivity index (χ0n) is 14.5. The van der Waals surface area contributed by atoms with Crippen molar-refractivity contribution in [2.75, 3.05) is 6.61 Å². The van der Waals surface area contributed by atoms with Gasteiger partial charge in [-0.3, -0.25) is 5.41 Å². The van der Waals surface area contributed by atoms with Crippen LogP contribution in [0.5, 0.6) is 0 Å². The predicted molar refractivity (Wildman–Crippen MR) is 112 cm³/mol. The van der Waals surface area contributed by atoms with E-state index in [0.717, 1.165) is 26.9 Å². The van der Waals surface area contributed by atoms with Gasteiger partial charge in [0, 0.05) is 12.0 Å². The number of ether oxygens (including phenoxy) is 2. The van der Waals surface area contributed by atoms with E-state index < -0.39 is 0 Å². The summed E-state index contributed by atoms with van der Waals surface area (Å²) in [5, 5.41) is 8.66. The third-order valence-corrected chi connectivity index (χ3v) is 5.39. The molecule has 2 aromatic carbocycles. The van der Waals surface area contributed by atoms with Crippen molar-refractivity contribution in [3.63, 3.8) is 0 Å². The molecule has 4 rings (SSSR count). The molecule has 4 nitrogen and oxygen atoms in total. The van der Waals surface area contributed by atoms with Crippen molar-refractivity contribution in [1.82, 2.24) is 0 Å². The number of nitrogens with one attached hydrogen (secondary N) is 1. The summed E-state index contributed by atoms with van der Waals surface area (Å²) in [6, 6.07) is 18.0. The lowest BCUT2D eigenvalue weighted by atomic mass is 10.1. The molecule has 0 aliphatic carbocycles. The molecule has 0 bridgehead atoms. The molecular formula is C21H19ClN2O2S. The topological polar surface area (TPSA) is 68.3 Å². The lowest BCUT2D eigenvalue weighted by molar-refractivity contribution is -0.0478. The van der Waals surface area contributed by atoms with Crippen molar-refractivity contribution in [3.05, 3.63) is 70.6 Å². The summed E-state index contributed by atoms with van der Waals surface area (Å²) in [5.74, 6) is 6.46. The fraction of sp³-hybridized carbons (Fsp3) is 0.190. The number of hydrogen-bond donors (Lipinski definition) is 2. The molecule has 0 radical (unpaired) electrons. The third kappa shape index (κ3) is 4.49. The van der Waals surface area contributed by atoms with Crippen LogP contribution in [0.4, 0.5) is 0 Å². The maximum Gasteiger partial charge on any atom is 0.163 e. The van der Waals surface area contributed by atoms with Gasteiger partial charge in [-0.05, 0) is 23.1 Å². The van der Waals surface area contributed by atoms with E-state index in [-0.39, 0.29) is 30.6 Å². The summed E-state index contributed by atoms with van der Waals surface area (Å²) in [7, 11) is 0. The van der Waals surface area contributed by atoms with Crippen molar-refractivity contribution in [2.24, 2.45) is 5.73 Å². The maximum atomic E-state index is 7.61. The Hall–Kier alpha value is -2.36. The number of thiophene rings is 1. The Morgan fingerprint density at radius 1 is 1.19 bits per heavy atom. The Kier molecular flexibility index (Phi) is 6.15. The highest BCUT2D eigenvalue weighted by atomic mass is 35.5. The molecule has 3 aromatic rings. The van der Waals surface area contributed by atoms with E-state index in [1.165, 1.54) is 16.9 Å². The Bertz CT molecular complexity index is 1010. The average molecular weight is 399 g/mol. The number of nitrogen functional groups attached to an aromatic ring is 1. The summed E-state index contributed by atoms with van der Waals surface area (Å²) < 4.78 is 12.7. The van der Waals surface area contributed by atoms with Crippen LogP contribution in [0.15, 0.2) is 54.6 Å². The zero-order chi connectivity index (χ0) is 17.9. The first-order valence-corrected chi connectivity index (χ1v) is 9.20. The first-order valence-electron chi connectivity index (χ1n) is 8.38. The minimum Gasteiger partial charge on any atom is -0.383 e. The lowest BCUT2D eigenvalue weighted by Gasteiger charge is -2.08. The molecule has 2 unspecified atom stereocenters. The second-order valence-corrected chi connectivity index (χ2v) is 7.15. The van der Waals surface area contributed by atoms with Crippen LogP contribution in [0, 0.1) is 17.3 Å². The Morgan fingerprint density at radius 2 is 2.00 bits per heavy atom. The summed E-state index contributed by atoms with van der Waals surface area (Å²) in [6.45, 7) is 0.476. The van der Waals surface area contributed by atoms with Gasteiger partial charge < -0.3 is 15.2 Å².